The zero-order valence-electron chi connectivity index (χ0n) is 14.5. The van der Waals surface area contributed by atoms with Crippen LogP contribution in [0.25, 0.3) is 0 Å². The van der Waals surface area contributed by atoms with E-state index in [0.717, 1.165) is 11.3 Å². The molecule has 1 fully saturated rings. The van der Waals surface area contributed by atoms with E-state index in [-0.39, 0.29) is 17.7 Å². The van der Waals surface area contributed by atoms with Crippen molar-refractivity contribution >= 4 is 11.9 Å². The molecule has 0 unspecified atom stereocenters. The van der Waals surface area contributed by atoms with Crippen LogP contribution in [0.15, 0.2) is 24.3 Å². The first kappa shape index (κ1) is 18.3. The van der Waals surface area contributed by atoms with Crippen molar-refractivity contribution in [3.63, 3.8) is 0 Å². The molecule has 5 nitrogen and oxygen atoms in total. The zero-order valence-corrected chi connectivity index (χ0v) is 14.5. The number of benzene rings is 1. The standard InChI is InChI=1S/C19H27NO4/c1-13(2)12-24-17-6-4-3-5-16(17)11-20-18(21)14-7-9-15(10-8-14)19(22)23/h3-6,13-15H,7-12H2,1-2H3,(H,20,21)(H,22,23). The summed E-state index contributed by atoms with van der Waals surface area (Å²) in [4.78, 5) is 23.3. The monoisotopic (exact) mass is 333 g/mol. The molecular weight excluding hydrogens is 306 g/mol. The fourth-order valence-corrected chi connectivity index (χ4v) is 2.98. The van der Waals surface area contributed by atoms with Gasteiger partial charge in [-0.05, 0) is 37.7 Å². The van der Waals surface area contributed by atoms with Gasteiger partial charge in [-0.15, -0.1) is 0 Å². The number of nitrogens with one attached hydrogen (secondary N) is 1. The molecule has 132 valence electrons. The van der Waals surface area contributed by atoms with Crippen LogP contribution in [0.3, 0.4) is 0 Å². The summed E-state index contributed by atoms with van der Waals surface area (Å²) in [6.07, 6.45) is 2.46. The van der Waals surface area contributed by atoms with Crippen LogP contribution < -0.4 is 10.1 Å². The molecule has 0 heterocycles. The Morgan fingerprint density at radius 3 is 2.42 bits per heavy atom. The Kier molecular flexibility index (Phi) is 6.64. The second kappa shape index (κ2) is 8.71. The number of amides is 1. The van der Waals surface area contributed by atoms with Crippen molar-refractivity contribution < 1.29 is 19.4 Å². The third kappa shape index (κ3) is 5.25. The predicted molar refractivity (Wildman–Crippen MR) is 91.7 cm³/mol. The summed E-state index contributed by atoms with van der Waals surface area (Å²) in [5, 5.41) is 12.0. The Morgan fingerprint density at radius 2 is 1.79 bits per heavy atom. The van der Waals surface area contributed by atoms with E-state index in [9.17, 15) is 9.59 Å². The normalized spacial score (nSPS) is 20.6. The molecule has 0 bridgehead atoms. The Labute approximate surface area is 143 Å². The molecule has 0 atom stereocenters. The van der Waals surface area contributed by atoms with Gasteiger partial charge in [0.25, 0.3) is 0 Å². The topological polar surface area (TPSA) is 75.6 Å². The number of rotatable bonds is 7. The number of para-hydroxylation sites is 1. The highest BCUT2D eigenvalue weighted by atomic mass is 16.5. The van der Waals surface area contributed by atoms with Crippen molar-refractivity contribution in [2.75, 3.05) is 6.61 Å². The van der Waals surface area contributed by atoms with Crippen molar-refractivity contribution in [2.24, 2.45) is 17.8 Å². The molecule has 1 aromatic carbocycles. The number of aliphatic carboxylic acids is 1. The van der Waals surface area contributed by atoms with Gasteiger partial charge in [0, 0.05) is 18.0 Å². The number of carboxylic acid groups (broad SMARTS) is 1. The summed E-state index contributed by atoms with van der Waals surface area (Å²) in [7, 11) is 0. The Morgan fingerprint density at radius 1 is 1.17 bits per heavy atom. The van der Waals surface area contributed by atoms with E-state index in [0.29, 0.717) is 44.8 Å². The van der Waals surface area contributed by atoms with Gasteiger partial charge in [-0.1, -0.05) is 32.0 Å². The summed E-state index contributed by atoms with van der Waals surface area (Å²) in [5.41, 5.74) is 0.964. The number of carbonyl (C=O) groups is 2. The Hall–Kier alpha value is -2.04. The molecule has 1 aliphatic rings. The number of carboxylic acids is 1. The number of ether oxygens (including phenoxy) is 1. The van der Waals surface area contributed by atoms with Gasteiger partial charge < -0.3 is 15.2 Å². The minimum atomic E-state index is -0.745. The number of carbonyl (C=O) groups excluding carboxylic acids is 1. The summed E-state index contributed by atoms with van der Waals surface area (Å²) in [5.74, 6) is 0.143. The van der Waals surface area contributed by atoms with Crippen LogP contribution in [0, 0.1) is 17.8 Å². The van der Waals surface area contributed by atoms with E-state index < -0.39 is 5.97 Å². The lowest BCUT2D eigenvalue weighted by molar-refractivity contribution is -0.144. The molecule has 5 heteroatoms. The lowest BCUT2D eigenvalue weighted by atomic mass is 9.81. The average Bonchev–Trinajstić information content (AvgIpc) is 2.58. The van der Waals surface area contributed by atoms with Crippen LogP contribution in [0.2, 0.25) is 0 Å². The zero-order chi connectivity index (χ0) is 17.5. The lowest BCUT2D eigenvalue weighted by Crippen LogP contribution is -2.34. The van der Waals surface area contributed by atoms with Crippen LogP contribution in [0.5, 0.6) is 5.75 Å². The van der Waals surface area contributed by atoms with Crippen LogP contribution >= 0.6 is 0 Å². The molecule has 1 saturated carbocycles. The highest BCUT2D eigenvalue weighted by molar-refractivity contribution is 5.79. The summed E-state index contributed by atoms with van der Waals surface area (Å²) >= 11 is 0. The number of hydrogen-bond donors (Lipinski definition) is 2. The molecule has 0 aliphatic heterocycles. The van der Waals surface area contributed by atoms with E-state index in [4.69, 9.17) is 9.84 Å². The maximum Gasteiger partial charge on any atom is 0.306 e. The molecule has 24 heavy (non-hydrogen) atoms. The van der Waals surface area contributed by atoms with Crippen molar-refractivity contribution in [3.8, 4) is 5.75 Å². The van der Waals surface area contributed by atoms with E-state index in [1.165, 1.54) is 0 Å². The van der Waals surface area contributed by atoms with Gasteiger partial charge in [0.15, 0.2) is 0 Å². The smallest absolute Gasteiger partial charge is 0.306 e. The van der Waals surface area contributed by atoms with Gasteiger partial charge in [-0.2, -0.15) is 0 Å². The van der Waals surface area contributed by atoms with Crippen LogP contribution in [-0.4, -0.2) is 23.6 Å². The van der Waals surface area contributed by atoms with Crippen LogP contribution in [-0.2, 0) is 16.1 Å². The minimum Gasteiger partial charge on any atom is -0.493 e. The predicted octanol–water partition coefficient (Wildman–Crippen LogP) is 3.23. The Bertz CT molecular complexity index is 562. The van der Waals surface area contributed by atoms with Crippen molar-refractivity contribution in [3.05, 3.63) is 29.8 Å². The third-order valence-electron chi connectivity index (χ3n) is 4.45. The highest BCUT2D eigenvalue weighted by Gasteiger charge is 2.29. The van der Waals surface area contributed by atoms with Crippen LogP contribution in [0.1, 0.15) is 45.1 Å². The summed E-state index contributed by atoms with van der Waals surface area (Å²) in [6, 6.07) is 7.73. The fourth-order valence-electron chi connectivity index (χ4n) is 2.98. The van der Waals surface area contributed by atoms with Gasteiger partial charge >= 0.3 is 5.97 Å². The van der Waals surface area contributed by atoms with E-state index in [2.05, 4.69) is 19.2 Å². The van der Waals surface area contributed by atoms with Crippen molar-refractivity contribution in [2.45, 2.75) is 46.1 Å². The van der Waals surface area contributed by atoms with E-state index in [1.807, 2.05) is 24.3 Å². The van der Waals surface area contributed by atoms with Gasteiger partial charge in [0.05, 0.1) is 12.5 Å². The Balaban J connectivity index is 1.85. The fraction of sp³-hybridized carbons (Fsp3) is 0.579. The van der Waals surface area contributed by atoms with E-state index >= 15 is 0 Å². The van der Waals surface area contributed by atoms with Crippen LogP contribution in [0.4, 0.5) is 0 Å². The molecule has 2 rings (SSSR count). The molecule has 0 spiro atoms. The largest absolute Gasteiger partial charge is 0.493 e. The first-order valence-electron chi connectivity index (χ1n) is 8.68. The van der Waals surface area contributed by atoms with Gasteiger partial charge in [-0.3, -0.25) is 9.59 Å². The molecule has 2 N–H and O–H groups in total. The second-order valence-corrected chi connectivity index (χ2v) is 6.92. The van der Waals surface area contributed by atoms with Crippen molar-refractivity contribution in [1.82, 2.24) is 5.32 Å². The maximum atomic E-state index is 12.3. The molecule has 1 aliphatic carbocycles. The summed E-state index contributed by atoms with van der Waals surface area (Å²) in [6.45, 7) is 5.27. The van der Waals surface area contributed by atoms with Gasteiger partial charge in [-0.25, -0.2) is 0 Å². The van der Waals surface area contributed by atoms with Crippen molar-refractivity contribution in [1.29, 1.82) is 0 Å². The SMILES string of the molecule is CC(C)COc1ccccc1CNC(=O)C1CCC(C(=O)O)CC1. The average molecular weight is 333 g/mol. The van der Waals surface area contributed by atoms with Gasteiger partial charge in [0.1, 0.15) is 5.75 Å². The number of hydrogen-bond acceptors (Lipinski definition) is 3. The first-order chi connectivity index (χ1) is 11.5. The second-order valence-electron chi connectivity index (χ2n) is 6.92. The molecule has 0 saturated heterocycles. The van der Waals surface area contributed by atoms with Gasteiger partial charge in [0.2, 0.25) is 5.91 Å². The summed E-state index contributed by atoms with van der Waals surface area (Å²) < 4.78 is 5.80. The minimum absolute atomic E-state index is 0.0116. The molecule has 1 amide bonds. The maximum absolute atomic E-state index is 12.3. The highest BCUT2D eigenvalue weighted by Crippen LogP contribution is 2.29. The van der Waals surface area contributed by atoms with E-state index in [1.54, 1.807) is 0 Å². The molecule has 0 aromatic heterocycles. The molecule has 1 aromatic rings. The quantitative estimate of drug-likeness (QED) is 0.803. The lowest BCUT2D eigenvalue weighted by Gasteiger charge is -2.25. The molecular formula is C19H27NO4. The molecule has 0 radical (unpaired) electrons. The first-order valence-corrected chi connectivity index (χ1v) is 8.68. The third-order valence-corrected chi connectivity index (χ3v) is 4.45.